The van der Waals surface area contributed by atoms with E-state index >= 15 is 0 Å². The smallest absolute Gasteiger partial charge is 0.339 e. The molecule has 0 aromatic heterocycles. The van der Waals surface area contributed by atoms with Gasteiger partial charge in [-0.2, -0.15) is 5.10 Å². The molecule has 9 nitrogen and oxygen atoms in total. The Bertz CT molecular complexity index is 1230. The zero-order valence-corrected chi connectivity index (χ0v) is 22.3. The number of anilines is 1. The van der Waals surface area contributed by atoms with E-state index in [0.717, 1.165) is 31.2 Å². The molecule has 1 unspecified atom stereocenters. The lowest BCUT2D eigenvalue weighted by Crippen LogP contribution is -2.70. The lowest BCUT2D eigenvalue weighted by molar-refractivity contribution is -0.575. The molecule has 1 spiro atoms. The molecule has 2 amide bonds. The molecule has 1 saturated carbocycles. The van der Waals surface area contributed by atoms with Gasteiger partial charge in [0.25, 0.3) is 0 Å². The first-order valence-corrected chi connectivity index (χ1v) is 13.6. The summed E-state index contributed by atoms with van der Waals surface area (Å²) in [7, 11) is 0. The molecule has 4 aliphatic heterocycles. The second kappa shape index (κ2) is 10.2. The van der Waals surface area contributed by atoms with E-state index in [1.54, 1.807) is 0 Å². The number of hydrogen-bond acceptors (Lipinski definition) is 7. The van der Waals surface area contributed by atoms with Crippen LogP contribution in [0.2, 0.25) is 0 Å². The highest BCUT2D eigenvalue weighted by atomic mass is 19.1. The number of carbonyl (C=O) groups is 1. The van der Waals surface area contributed by atoms with Crippen LogP contribution in [0.5, 0.6) is 5.75 Å². The third kappa shape index (κ3) is 4.91. The summed E-state index contributed by atoms with van der Waals surface area (Å²) in [4.78, 5) is 24.1. The molecule has 4 saturated heterocycles. The maximum absolute atomic E-state index is 13.0. The van der Waals surface area contributed by atoms with E-state index in [1.807, 2.05) is 31.2 Å². The Hall–Kier alpha value is -3.05. The Morgan fingerprint density at radius 2 is 1.82 bits per heavy atom. The summed E-state index contributed by atoms with van der Waals surface area (Å²) < 4.78 is 32.2. The van der Waals surface area contributed by atoms with Gasteiger partial charge in [-0.3, -0.25) is 0 Å². The van der Waals surface area contributed by atoms with E-state index < -0.39 is 30.0 Å². The fourth-order valence-electron chi connectivity index (χ4n) is 6.63. The summed E-state index contributed by atoms with van der Waals surface area (Å²) in [5.74, 6) is 0.513. The zero-order valence-electron chi connectivity index (χ0n) is 22.3. The van der Waals surface area contributed by atoms with E-state index in [1.165, 1.54) is 30.5 Å². The molecular formula is C29H34FN3O6. The fraction of sp³-hybridized carbons (Fsp3) is 0.517. The number of ether oxygens (including phenoxy) is 3. The molecule has 2 aromatic carbocycles. The Kier molecular flexibility index (Phi) is 6.83. The Balaban J connectivity index is 1.09. The molecule has 4 heterocycles. The Morgan fingerprint density at radius 3 is 2.59 bits per heavy atom. The normalized spacial score (nSPS) is 37.1. The molecule has 0 radical (unpaired) electrons. The summed E-state index contributed by atoms with van der Waals surface area (Å²) in [6, 6.07) is 12.3. The van der Waals surface area contributed by atoms with Gasteiger partial charge in [0.2, 0.25) is 12.1 Å². The SMILES string of the molecule is C[C@H]1[C@@H](Oc2ccc(/C=N/NC(=O)Nc3ccc(F)cc3)cc2)O[C@@H]2OC3(C)CC[C@H]4[C@H](C)CC[C@@H]1[C@@]24OO3. The highest BCUT2D eigenvalue weighted by molar-refractivity contribution is 5.90. The third-order valence-electron chi connectivity index (χ3n) is 8.71. The van der Waals surface area contributed by atoms with E-state index in [0.29, 0.717) is 23.3 Å². The maximum Gasteiger partial charge on any atom is 0.339 e. The average molecular weight is 540 g/mol. The van der Waals surface area contributed by atoms with Crippen LogP contribution in [0.25, 0.3) is 0 Å². The molecule has 10 heteroatoms. The topological polar surface area (TPSA) is 99.6 Å². The van der Waals surface area contributed by atoms with Crippen LogP contribution in [-0.4, -0.2) is 36.2 Å². The number of fused-ring (bicyclic) bond motifs is 2. The van der Waals surface area contributed by atoms with Crippen molar-refractivity contribution in [3.05, 3.63) is 59.9 Å². The van der Waals surface area contributed by atoms with Crippen molar-refractivity contribution in [2.24, 2.45) is 28.8 Å². The van der Waals surface area contributed by atoms with Crippen molar-refractivity contribution in [2.45, 2.75) is 70.4 Å². The van der Waals surface area contributed by atoms with E-state index in [2.05, 4.69) is 29.7 Å². The predicted octanol–water partition coefficient (Wildman–Crippen LogP) is 5.57. The standard InChI is InChI=1S/C29H34FN3O6/c1-17-4-13-24-18(2)25(36-26-29(24)23(17)14-15-28(3,37-26)38-39-29)35-22-11-5-19(6-12-22)16-31-33-27(34)32-21-9-7-20(30)8-10-21/h5-12,16-18,23-26H,4,13-15H2,1-3H3,(H2,32,33,34)/b31-16+/t17-,18-,23+,24+,25+,26-,28?,29-/m1/s1. The summed E-state index contributed by atoms with van der Waals surface area (Å²) in [6.07, 6.45) is 4.35. The van der Waals surface area contributed by atoms with Gasteiger partial charge >= 0.3 is 6.03 Å². The molecule has 2 N–H and O–H groups in total. The first-order valence-electron chi connectivity index (χ1n) is 13.6. The average Bonchev–Trinajstić information content (AvgIpc) is 3.15. The highest BCUT2D eigenvalue weighted by Crippen LogP contribution is 2.60. The van der Waals surface area contributed by atoms with Crippen LogP contribution in [0, 0.1) is 29.5 Å². The number of hydrogen-bond donors (Lipinski definition) is 2. The summed E-state index contributed by atoms with van der Waals surface area (Å²) >= 11 is 0. The predicted molar refractivity (Wildman–Crippen MR) is 140 cm³/mol. The van der Waals surface area contributed by atoms with Crippen LogP contribution in [0.4, 0.5) is 14.9 Å². The number of carbonyl (C=O) groups excluding carboxylic acids is 1. The second-order valence-electron chi connectivity index (χ2n) is 11.3. The summed E-state index contributed by atoms with van der Waals surface area (Å²) in [5.41, 5.74) is 3.00. The van der Waals surface area contributed by atoms with Gasteiger partial charge in [-0.1, -0.05) is 13.8 Å². The van der Waals surface area contributed by atoms with Gasteiger partial charge in [0.1, 0.15) is 11.6 Å². The van der Waals surface area contributed by atoms with Gasteiger partial charge in [-0.15, -0.1) is 0 Å². The highest BCUT2D eigenvalue weighted by Gasteiger charge is 2.69. The van der Waals surface area contributed by atoms with Crippen molar-refractivity contribution in [1.82, 2.24) is 5.43 Å². The first kappa shape index (κ1) is 26.2. The number of benzene rings is 2. The molecule has 2 bridgehead atoms. The molecule has 39 heavy (non-hydrogen) atoms. The van der Waals surface area contributed by atoms with Crippen molar-refractivity contribution in [1.29, 1.82) is 0 Å². The monoisotopic (exact) mass is 539 g/mol. The second-order valence-corrected chi connectivity index (χ2v) is 11.3. The van der Waals surface area contributed by atoms with Crippen molar-refractivity contribution in [3.63, 3.8) is 0 Å². The number of hydrazone groups is 1. The number of nitrogens with zero attached hydrogens (tertiary/aromatic N) is 1. The lowest BCUT2D eigenvalue weighted by atomic mass is 9.58. The molecular weight excluding hydrogens is 505 g/mol. The number of amides is 2. The van der Waals surface area contributed by atoms with E-state index in [4.69, 9.17) is 24.0 Å². The van der Waals surface area contributed by atoms with Gasteiger partial charge in [0.15, 0.2) is 11.9 Å². The molecule has 5 fully saturated rings. The van der Waals surface area contributed by atoms with Crippen LogP contribution in [0.15, 0.2) is 53.6 Å². The Morgan fingerprint density at radius 1 is 1.05 bits per heavy atom. The molecule has 208 valence electrons. The number of nitrogens with one attached hydrogen (secondary N) is 2. The maximum atomic E-state index is 13.0. The van der Waals surface area contributed by atoms with Gasteiger partial charge in [0.05, 0.1) is 6.21 Å². The minimum absolute atomic E-state index is 0.0657. The number of halogens is 1. The van der Waals surface area contributed by atoms with Gasteiger partial charge < -0.3 is 19.5 Å². The molecule has 5 aliphatic rings. The molecule has 1 aliphatic carbocycles. The van der Waals surface area contributed by atoms with Gasteiger partial charge in [-0.25, -0.2) is 24.4 Å². The van der Waals surface area contributed by atoms with Gasteiger partial charge in [-0.05, 0) is 92.1 Å². The van der Waals surface area contributed by atoms with Crippen molar-refractivity contribution < 1.29 is 33.2 Å². The molecule has 2 aromatic rings. The van der Waals surface area contributed by atoms with Crippen LogP contribution in [-0.2, 0) is 19.2 Å². The third-order valence-corrected chi connectivity index (χ3v) is 8.71. The molecule has 8 atom stereocenters. The first-order chi connectivity index (χ1) is 18.8. The van der Waals surface area contributed by atoms with Crippen LogP contribution in [0.1, 0.15) is 52.0 Å². The summed E-state index contributed by atoms with van der Waals surface area (Å²) in [6.45, 7) is 6.36. The largest absolute Gasteiger partial charge is 0.465 e. The Labute approximate surface area is 226 Å². The van der Waals surface area contributed by atoms with Crippen LogP contribution >= 0.6 is 0 Å². The van der Waals surface area contributed by atoms with Crippen LogP contribution < -0.4 is 15.5 Å². The van der Waals surface area contributed by atoms with Gasteiger partial charge in [0, 0.05) is 23.9 Å². The van der Waals surface area contributed by atoms with Crippen molar-refractivity contribution in [2.75, 3.05) is 5.32 Å². The number of rotatable bonds is 5. The zero-order chi connectivity index (χ0) is 27.2. The quantitative estimate of drug-likeness (QED) is 0.293. The van der Waals surface area contributed by atoms with Crippen molar-refractivity contribution >= 4 is 17.9 Å². The van der Waals surface area contributed by atoms with E-state index in [-0.39, 0.29) is 17.7 Å². The minimum Gasteiger partial charge on any atom is -0.465 e. The van der Waals surface area contributed by atoms with Crippen molar-refractivity contribution in [3.8, 4) is 5.75 Å². The lowest BCUT2D eigenvalue weighted by Gasteiger charge is -2.60. The number of urea groups is 1. The van der Waals surface area contributed by atoms with E-state index in [9.17, 15) is 9.18 Å². The summed E-state index contributed by atoms with van der Waals surface area (Å²) in [5, 5.41) is 6.54. The van der Waals surface area contributed by atoms with Crippen LogP contribution in [0.3, 0.4) is 0 Å². The fourth-order valence-corrected chi connectivity index (χ4v) is 6.63. The molecule has 7 rings (SSSR count). The minimum atomic E-state index is -0.826.